The smallest absolute Gasteiger partial charge is 0.422 e. The van der Waals surface area contributed by atoms with E-state index in [1.54, 1.807) is 18.2 Å². The summed E-state index contributed by atoms with van der Waals surface area (Å²) in [6.07, 6.45) is -5.97. The second-order valence-electron chi connectivity index (χ2n) is 9.49. The Morgan fingerprint density at radius 2 is 1.80 bits per heavy atom. The molecule has 0 fully saturated rings. The molecule has 0 amide bonds. The zero-order valence-corrected chi connectivity index (χ0v) is 22.4. The average molecular weight is 619 g/mol. The van der Waals surface area contributed by atoms with Crippen LogP contribution in [0.3, 0.4) is 0 Å². The van der Waals surface area contributed by atoms with Gasteiger partial charge in [-0.15, -0.1) is 0 Å². The Bertz CT molecular complexity index is 1950. The standard InChI is InChI=1S/C28H16F3N7O7/c29-28(30,31)21-22(14-4-2-1-3-5-14)35-44-24(21)26-33-25(36-45-26)16-8-11-18-20(12-16)42-13-19(34-37-32)23(18)43-27(39)15-6-9-17(10-7-15)38(40)41/h1-12,19,23H,13H2/t19-,23-/m1/s1. The quantitative estimate of drug-likeness (QED) is 0.0459. The van der Waals surface area contributed by atoms with E-state index in [1.807, 2.05) is 0 Å². The first-order valence-electron chi connectivity index (χ1n) is 12.9. The summed E-state index contributed by atoms with van der Waals surface area (Å²) in [6, 6.07) is 15.8. The highest BCUT2D eigenvalue weighted by Gasteiger charge is 2.43. The fourth-order valence-electron chi connectivity index (χ4n) is 4.63. The minimum absolute atomic E-state index is 0.0188. The number of carbonyl (C=O) groups excluding carboxylic acids is 1. The number of hydrogen-bond donors (Lipinski definition) is 0. The van der Waals surface area contributed by atoms with Crippen LogP contribution in [0.4, 0.5) is 18.9 Å². The number of benzene rings is 3. The van der Waals surface area contributed by atoms with E-state index in [4.69, 9.17) is 24.1 Å². The number of carbonyl (C=O) groups is 1. The maximum Gasteiger partial charge on any atom is 0.422 e. The second kappa shape index (κ2) is 11.5. The van der Waals surface area contributed by atoms with Crippen molar-refractivity contribution in [2.24, 2.45) is 5.11 Å². The molecular weight excluding hydrogens is 603 g/mol. The number of halogens is 3. The number of azide groups is 1. The molecule has 2 aromatic heterocycles. The van der Waals surface area contributed by atoms with Crippen LogP contribution in [-0.4, -0.2) is 38.8 Å². The van der Waals surface area contributed by atoms with E-state index >= 15 is 0 Å². The molecule has 3 heterocycles. The zero-order valence-electron chi connectivity index (χ0n) is 22.4. The van der Waals surface area contributed by atoms with Crippen molar-refractivity contribution in [1.82, 2.24) is 15.3 Å². The van der Waals surface area contributed by atoms with Crippen LogP contribution in [0.5, 0.6) is 5.75 Å². The fraction of sp³-hybridized carbons (Fsp3) is 0.143. The normalized spacial score (nSPS) is 15.8. The second-order valence-corrected chi connectivity index (χ2v) is 9.49. The monoisotopic (exact) mass is 619 g/mol. The van der Waals surface area contributed by atoms with Gasteiger partial charge >= 0.3 is 12.1 Å². The number of nitro groups is 1. The Labute approximate surface area is 248 Å². The van der Waals surface area contributed by atoms with Gasteiger partial charge in [-0.25, -0.2) is 4.79 Å². The van der Waals surface area contributed by atoms with Gasteiger partial charge in [-0.1, -0.05) is 57.9 Å². The van der Waals surface area contributed by atoms with Crippen LogP contribution in [0, 0.1) is 10.1 Å². The Hall–Kier alpha value is -6.22. The number of ether oxygens (including phenoxy) is 2. The lowest BCUT2D eigenvalue weighted by molar-refractivity contribution is -0.384. The largest absolute Gasteiger partial charge is 0.493 e. The average Bonchev–Trinajstić information content (AvgIpc) is 3.71. The van der Waals surface area contributed by atoms with Crippen LogP contribution in [0.25, 0.3) is 44.7 Å². The fourth-order valence-corrected chi connectivity index (χ4v) is 4.63. The number of nitrogens with zero attached hydrogens (tertiary/aromatic N) is 7. The van der Waals surface area contributed by atoms with Gasteiger partial charge in [-0.05, 0) is 23.7 Å². The Kier molecular flexibility index (Phi) is 7.35. The SMILES string of the molecule is [N-]=[N+]=N[C@@H]1COc2cc(-c3noc(-c4onc(-c5ccccc5)c4C(F)(F)F)n3)ccc2[C@H]1OC(=O)c1ccc([N+](=O)[O-])cc1. The predicted molar refractivity (Wildman–Crippen MR) is 145 cm³/mol. The Morgan fingerprint density at radius 1 is 1.04 bits per heavy atom. The molecule has 5 aromatic rings. The van der Waals surface area contributed by atoms with Crippen molar-refractivity contribution in [1.29, 1.82) is 0 Å². The number of hydrogen-bond acceptors (Lipinski definition) is 11. The number of rotatable bonds is 7. The van der Waals surface area contributed by atoms with Crippen molar-refractivity contribution in [3.63, 3.8) is 0 Å². The molecule has 14 nitrogen and oxygen atoms in total. The maximum absolute atomic E-state index is 14.1. The van der Waals surface area contributed by atoms with Crippen molar-refractivity contribution >= 4 is 11.7 Å². The number of non-ortho nitro benzene ring substituents is 1. The van der Waals surface area contributed by atoms with Gasteiger partial charge in [0.15, 0.2) is 0 Å². The highest BCUT2D eigenvalue weighted by atomic mass is 19.4. The van der Waals surface area contributed by atoms with Crippen LogP contribution in [0.1, 0.15) is 27.6 Å². The van der Waals surface area contributed by atoms with Crippen LogP contribution in [0.15, 0.2) is 87.0 Å². The zero-order chi connectivity index (χ0) is 31.7. The first-order chi connectivity index (χ1) is 21.6. The molecule has 0 bridgehead atoms. The number of fused-ring (bicyclic) bond motifs is 1. The summed E-state index contributed by atoms with van der Waals surface area (Å²) in [6.45, 7) is -0.189. The van der Waals surface area contributed by atoms with Gasteiger partial charge in [0.1, 0.15) is 35.8 Å². The summed E-state index contributed by atoms with van der Waals surface area (Å²) in [5.74, 6) is -2.09. The van der Waals surface area contributed by atoms with Crippen LogP contribution in [0.2, 0.25) is 0 Å². The highest BCUT2D eigenvalue weighted by molar-refractivity contribution is 5.90. The van der Waals surface area contributed by atoms with Gasteiger partial charge in [-0.3, -0.25) is 10.1 Å². The lowest BCUT2D eigenvalue weighted by atomic mass is 9.97. The maximum atomic E-state index is 14.1. The first-order valence-corrected chi connectivity index (χ1v) is 12.9. The highest BCUT2D eigenvalue weighted by Crippen LogP contribution is 2.44. The van der Waals surface area contributed by atoms with Crippen molar-refractivity contribution in [3.8, 4) is 40.0 Å². The van der Waals surface area contributed by atoms with E-state index in [0.29, 0.717) is 5.56 Å². The molecule has 0 saturated heterocycles. The van der Waals surface area contributed by atoms with Gasteiger partial charge in [0, 0.05) is 33.7 Å². The van der Waals surface area contributed by atoms with Gasteiger partial charge in [0.05, 0.1) is 10.5 Å². The van der Waals surface area contributed by atoms with Crippen LogP contribution >= 0.6 is 0 Å². The van der Waals surface area contributed by atoms with Gasteiger partial charge in [0.25, 0.3) is 11.6 Å². The van der Waals surface area contributed by atoms with Gasteiger partial charge in [-0.2, -0.15) is 18.2 Å². The summed E-state index contributed by atoms with van der Waals surface area (Å²) in [4.78, 5) is 30.1. The lowest BCUT2D eigenvalue weighted by Crippen LogP contribution is -2.32. The first kappa shape index (κ1) is 28.9. The molecule has 0 unspecified atom stereocenters. The summed E-state index contributed by atoms with van der Waals surface area (Å²) < 4.78 is 63.8. The molecule has 0 N–H and O–H groups in total. The molecule has 226 valence electrons. The molecule has 6 rings (SSSR count). The van der Waals surface area contributed by atoms with E-state index in [1.165, 1.54) is 42.5 Å². The Morgan fingerprint density at radius 3 is 2.49 bits per heavy atom. The third kappa shape index (κ3) is 5.62. The van der Waals surface area contributed by atoms with Gasteiger partial charge in [0.2, 0.25) is 11.6 Å². The molecule has 0 saturated carbocycles. The molecule has 1 aliphatic heterocycles. The summed E-state index contributed by atoms with van der Waals surface area (Å²) >= 11 is 0. The van der Waals surface area contributed by atoms with Crippen molar-refractivity contribution in [3.05, 3.63) is 110 Å². The van der Waals surface area contributed by atoms with E-state index in [2.05, 4.69) is 25.3 Å². The topological polar surface area (TPSA) is 192 Å². The molecule has 2 atom stereocenters. The number of nitro benzene ring substituents is 1. The van der Waals surface area contributed by atoms with Crippen molar-refractivity contribution < 1.29 is 41.4 Å². The molecule has 45 heavy (non-hydrogen) atoms. The summed E-state index contributed by atoms with van der Waals surface area (Å²) in [7, 11) is 0. The third-order valence-corrected chi connectivity index (χ3v) is 6.73. The van der Waals surface area contributed by atoms with Crippen molar-refractivity contribution in [2.45, 2.75) is 18.3 Å². The van der Waals surface area contributed by atoms with Crippen LogP contribution in [-0.2, 0) is 10.9 Å². The molecule has 1 aliphatic rings. The van der Waals surface area contributed by atoms with Crippen molar-refractivity contribution in [2.75, 3.05) is 6.61 Å². The van der Waals surface area contributed by atoms with E-state index in [9.17, 15) is 28.1 Å². The molecule has 3 aromatic carbocycles. The van der Waals surface area contributed by atoms with E-state index in [-0.39, 0.29) is 40.6 Å². The van der Waals surface area contributed by atoms with E-state index in [0.717, 1.165) is 12.1 Å². The lowest BCUT2D eigenvalue weighted by Gasteiger charge is -2.30. The van der Waals surface area contributed by atoms with E-state index < -0.39 is 52.1 Å². The minimum atomic E-state index is -4.86. The molecule has 0 spiro atoms. The Balaban J connectivity index is 1.30. The minimum Gasteiger partial charge on any atom is -0.493 e. The van der Waals surface area contributed by atoms with Crippen LogP contribution < -0.4 is 4.74 Å². The predicted octanol–water partition coefficient (Wildman–Crippen LogP) is 6.96. The molecule has 17 heteroatoms. The molecule has 0 aliphatic carbocycles. The number of alkyl halides is 3. The number of esters is 1. The van der Waals surface area contributed by atoms with Gasteiger partial charge < -0.3 is 18.5 Å². The molecular formula is C28H16F3N7O7. The number of aromatic nitrogens is 3. The third-order valence-electron chi connectivity index (χ3n) is 6.73. The summed E-state index contributed by atoms with van der Waals surface area (Å²) in [5, 5.41) is 22.0. The molecule has 0 radical (unpaired) electrons. The summed E-state index contributed by atoms with van der Waals surface area (Å²) in [5.41, 5.74) is 7.96.